The lowest BCUT2D eigenvalue weighted by Crippen LogP contribution is -2.31. The Morgan fingerprint density at radius 2 is 1.88 bits per heavy atom. The molecule has 0 aliphatic rings. The molecule has 0 saturated heterocycles. The van der Waals surface area contributed by atoms with Crippen LogP contribution in [-0.2, 0) is 6.18 Å². The molecule has 9 heteroatoms. The van der Waals surface area contributed by atoms with Crippen LogP contribution in [0.3, 0.4) is 0 Å². The molecule has 25 heavy (non-hydrogen) atoms. The van der Waals surface area contributed by atoms with Crippen LogP contribution in [0, 0.1) is 0 Å². The van der Waals surface area contributed by atoms with Gasteiger partial charge < -0.3 is 10.4 Å². The van der Waals surface area contributed by atoms with Crippen molar-refractivity contribution in [3.8, 4) is 5.69 Å². The number of nitrogens with zero attached hydrogens (tertiary/aromatic N) is 2. The molecule has 1 unspecified atom stereocenters. The van der Waals surface area contributed by atoms with Gasteiger partial charge in [0.15, 0.2) is 5.69 Å². The van der Waals surface area contributed by atoms with Gasteiger partial charge in [-0.3, -0.25) is 4.79 Å². The van der Waals surface area contributed by atoms with Crippen LogP contribution in [0.15, 0.2) is 30.5 Å². The summed E-state index contributed by atoms with van der Waals surface area (Å²) in [6.45, 7) is 3.74. The largest absolute Gasteiger partial charge is 0.478 e. The number of alkyl halides is 3. The number of carboxylic acid groups (broad SMARTS) is 1. The number of aromatic nitrogens is 2. The molecule has 2 aromatic rings. The van der Waals surface area contributed by atoms with Crippen molar-refractivity contribution in [1.29, 1.82) is 0 Å². The molecule has 0 aliphatic carbocycles. The third kappa shape index (κ3) is 3.98. The highest BCUT2D eigenvalue weighted by Gasteiger charge is 2.40. The number of rotatable bonds is 5. The second-order valence-electron chi connectivity index (χ2n) is 5.45. The van der Waals surface area contributed by atoms with Crippen molar-refractivity contribution >= 4 is 11.9 Å². The molecular weight excluding hydrogens is 339 g/mol. The lowest BCUT2D eigenvalue weighted by atomic mass is 10.1. The van der Waals surface area contributed by atoms with Crippen LogP contribution >= 0.6 is 0 Å². The second-order valence-corrected chi connectivity index (χ2v) is 5.45. The van der Waals surface area contributed by atoms with Crippen LogP contribution in [0.4, 0.5) is 13.2 Å². The topological polar surface area (TPSA) is 84.2 Å². The Morgan fingerprint density at radius 3 is 2.36 bits per heavy atom. The highest BCUT2D eigenvalue weighted by atomic mass is 19.4. The summed E-state index contributed by atoms with van der Waals surface area (Å²) in [6.07, 6.45) is -3.50. The number of carbonyl (C=O) groups excluding carboxylic acids is 1. The number of nitrogens with one attached hydrogen (secondary N) is 1. The van der Waals surface area contributed by atoms with Crippen LogP contribution < -0.4 is 5.32 Å². The van der Waals surface area contributed by atoms with Gasteiger partial charge >= 0.3 is 12.1 Å². The summed E-state index contributed by atoms with van der Waals surface area (Å²) in [6, 6.07) is 5.23. The molecule has 0 bridgehead atoms. The van der Waals surface area contributed by atoms with Crippen molar-refractivity contribution in [3.63, 3.8) is 0 Å². The first-order valence-electron chi connectivity index (χ1n) is 7.45. The molecule has 0 spiro atoms. The Labute approximate surface area is 141 Å². The highest BCUT2D eigenvalue weighted by Crippen LogP contribution is 2.33. The third-order valence-corrected chi connectivity index (χ3v) is 3.63. The monoisotopic (exact) mass is 355 g/mol. The minimum Gasteiger partial charge on any atom is -0.478 e. The first-order valence-corrected chi connectivity index (χ1v) is 7.45. The Kier molecular flexibility index (Phi) is 5.15. The molecule has 0 aliphatic heterocycles. The van der Waals surface area contributed by atoms with E-state index in [0.29, 0.717) is 10.9 Å². The molecule has 1 aromatic carbocycles. The number of hydrogen-bond donors (Lipinski definition) is 2. The predicted molar refractivity (Wildman–Crippen MR) is 82.7 cm³/mol. The number of benzene rings is 1. The molecule has 0 radical (unpaired) electrons. The first-order chi connectivity index (χ1) is 11.6. The van der Waals surface area contributed by atoms with Gasteiger partial charge in [-0.25, -0.2) is 9.48 Å². The molecule has 1 atom stereocenters. The van der Waals surface area contributed by atoms with Gasteiger partial charge in [0.2, 0.25) is 0 Å². The standard InChI is InChI=1S/C16H16F3N3O3/c1-3-9(2)21-14(23)10-4-6-11(7-5-10)22-13(16(17,18)19)12(8-20-22)15(24)25/h4-9H,3H2,1-2H3,(H,21,23)(H,24,25). The minimum atomic E-state index is -4.89. The number of amides is 1. The minimum absolute atomic E-state index is 0.0000787. The normalized spacial score (nSPS) is 12.7. The van der Waals surface area contributed by atoms with Gasteiger partial charge in [-0.05, 0) is 37.6 Å². The van der Waals surface area contributed by atoms with Crippen LogP contribution in [0.25, 0.3) is 5.69 Å². The lowest BCUT2D eigenvalue weighted by Gasteiger charge is -2.13. The van der Waals surface area contributed by atoms with E-state index in [2.05, 4.69) is 10.4 Å². The van der Waals surface area contributed by atoms with Crippen molar-refractivity contribution in [2.75, 3.05) is 0 Å². The molecule has 1 amide bonds. The smallest absolute Gasteiger partial charge is 0.434 e. The molecular formula is C16H16F3N3O3. The number of hydrogen-bond acceptors (Lipinski definition) is 3. The zero-order valence-electron chi connectivity index (χ0n) is 13.5. The fourth-order valence-corrected chi connectivity index (χ4v) is 2.14. The van der Waals surface area contributed by atoms with Gasteiger partial charge in [0.1, 0.15) is 5.56 Å². The van der Waals surface area contributed by atoms with Crippen LogP contribution in [0.5, 0.6) is 0 Å². The zero-order chi connectivity index (χ0) is 18.8. The van der Waals surface area contributed by atoms with Crippen molar-refractivity contribution < 1.29 is 27.9 Å². The zero-order valence-corrected chi connectivity index (χ0v) is 13.5. The summed E-state index contributed by atoms with van der Waals surface area (Å²) >= 11 is 0. The van der Waals surface area contributed by atoms with Gasteiger partial charge in [-0.1, -0.05) is 6.92 Å². The van der Waals surface area contributed by atoms with Crippen molar-refractivity contribution in [3.05, 3.63) is 47.3 Å². The summed E-state index contributed by atoms with van der Waals surface area (Å²) in [5, 5.41) is 15.2. The van der Waals surface area contributed by atoms with E-state index in [4.69, 9.17) is 5.11 Å². The average Bonchev–Trinajstić information content (AvgIpc) is 3.00. The summed E-state index contributed by atoms with van der Waals surface area (Å²) in [5.74, 6) is -2.06. The van der Waals surface area contributed by atoms with E-state index in [1.165, 1.54) is 24.3 Å². The van der Waals surface area contributed by atoms with E-state index >= 15 is 0 Å². The van der Waals surface area contributed by atoms with E-state index in [0.717, 1.165) is 6.42 Å². The van der Waals surface area contributed by atoms with E-state index in [-0.39, 0.29) is 23.2 Å². The fraction of sp³-hybridized carbons (Fsp3) is 0.312. The predicted octanol–water partition coefficient (Wildman–Crippen LogP) is 3.12. The van der Waals surface area contributed by atoms with Crippen LogP contribution in [-0.4, -0.2) is 32.8 Å². The van der Waals surface area contributed by atoms with Gasteiger partial charge in [0, 0.05) is 11.6 Å². The van der Waals surface area contributed by atoms with Gasteiger partial charge in [0.05, 0.1) is 11.9 Å². The summed E-state index contributed by atoms with van der Waals surface area (Å²) in [5.41, 5.74) is -2.04. The second kappa shape index (κ2) is 6.96. The Hall–Kier alpha value is -2.84. The lowest BCUT2D eigenvalue weighted by molar-refractivity contribution is -0.143. The number of aromatic carboxylic acids is 1. The molecule has 2 rings (SSSR count). The fourth-order valence-electron chi connectivity index (χ4n) is 2.14. The average molecular weight is 355 g/mol. The summed E-state index contributed by atoms with van der Waals surface area (Å²) in [4.78, 5) is 23.0. The maximum absolute atomic E-state index is 13.2. The SMILES string of the molecule is CCC(C)NC(=O)c1ccc(-n2ncc(C(=O)O)c2C(F)(F)F)cc1. The summed E-state index contributed by atoms with van der Waals surface area (Å²) < 4.78 is 40.1. The maximum Gasteiger partial charge on any atom is 0.434 e. The molecule has 1 heterocycles. The molecule has 0 fully saturated rings. The molecule has 0 saturated carbocycles. The highest BCUT2D eigenvalue weighted by molar-refractivity contribution is 5.94. The van der Waals surface area contributed by atoms with Crippen molar-refractivity contribution in [2.45, 2.75) is 32.5 Å². The molecule has 1 aromatic heterocycles. The van der Waals surface area contributed by atoms with Gasteiger partial charge in [-0.15, -0.1) is 0 Å². The first kappa shape index (κ1) is 18.5. The summed E-state index contributed by atoms with van der Waals surface area (Å²) in [7, 11) is 0. The van der Waals surface area contributed by atoms with Gasteiger partial charge in [0.25, 0.3) is 5.91 Å². The van der Waals surface area contributed by atoms with Crippen molar-refractivity contribution in [1.82, 2.24) is 15.1 Å². The number of carboxylic acids is 1. The Bertz CT molecular complexity index is 782. The van der Waals surface area contributed by atoms with Crippen molar-refractivity contribution in [2.24, 2.45) is 0 Å². The Balaban J connectivity index is 2.38. The molecule has 6 nitrogen and oxygen atoms in total. The van der Waals surface area contributed by atoms with E-state index in [1.807, 2.05) is 13.8 Å². The quantitative estimate of drug-likeness (QED) is 0.863. The van der Waals surface area contributed by atoms with E-state index < -0.39 is 23.4 Å². The van der Waals surface area contributed by atoms with Crippen LogP contribution in [0.2, 0.25) is 0 Å². The number of halogens is 3. The number of carbonyl (C=O) groups is 2. The van der Waals surface area contributed by atoms with Gasteiger partial charge in [-0.2, -0.15) is 18.3 Å². The van der Waals surface area contributed by atoms with E-state index in [1.54, 1.807) is 0 Å². The molecule has 134 valence electrons. The van der Waals surface area contributed by atoms with Crippen LogP contribution in [0.1, 0.15) is 46.7 Å². The van der Waals surface area contributed by atoms with E-state index in [9.17, 15) is 22.8 Å². The maximum atomic E-state index is 13.2. The third-order valence-electron chi connectivity index (χ3n) is 3.63. The Morgan fingerprint density at radius 1 is 1.28 bits per heavy atom. The molecule has 2 N–H and O–H groups in total.